The standard InChI is InChI=1S/C16H34O4/c17-12-14-20-13-10-8-6-4-2-1-3-5-7-9-11-16(19)15-18/h16-19H,1-15H2. The van der Waals surface area contributed by atoms with Crippen LogP contribution < -0.4 is 0 Å². The van der Waals surface area contributed by atoms with Crippen LogP contribution in [-0.2, 0) is 4.74 Å². The molecule has 0 bridgehead atoms. The molecule has 122 valence electrons. The largest absolute Gasteiger partial charge is 0.394 e. The molecule has 1 unspecified atom stereocenters. The van der Waals surface area contributed by atoms with Gasteiger partial charge in [0.25, 0.3) is 0 Å². The van der Waals surface area contributed by atoms with Crippen LogP contribution in [-0.4, -0.2) is 47.9 Å². The Balaban J connectivity index is 2.96. The molecule has 0 heterocycles. The first-order valence-corrected chi connectivity index (χ1v) is 8.28. The minimum atomic E-state index is -0.517. The van der Waals surface area contributed by atoms with Crippen LogP contribution in [0.2, 0.25) is 0 Å². The van der Waals surface area contributed by atoms with E-state index in [1.54, 1.807) is 0 Å². The summed E-state index contributed by atoms with van der Waals surface area (Å²) in [7, 11) is 0. The molecule has 1 atom stereocenters. The average molecular weight is 290 g/mol. The highest BCUT2D eigenvalue weighted by molar-refractivity contribution is 4.53. The molecule has 0 aliphatic heterocycles. The molecule has 0 fully saturated rings. The van der Waals surface area contributed by atoms with E-state index in [0.717, 1.165) is 25.9 Å². The van der Waals surface area contributed by atoms with Gasteiger partial charge in [0.2, 0.25) is 0 Å². The van der Waals surface area contributed by atoms with Crippen molar-refractivity contribution in [3.63, 3.8) is 0 Å². The zero-order chi connectivity index (χ0) is 14.9. The van der Waals surface area contributed by atoms with Crippen molar-refractivity contribution in [3.05, 3.63) is 0 Å². The fourth-order valence-electron chi connectivity index (χ4n) is 2.26. The van der Waals surface area contributed by atoms with E-state index in [0.29, 0.717) is 6.61 Å². The van der Waals surface area contributed by atoms with Gasteiger partial charge in [-0.05, 0) is 12.8 Å². The van der Waals surface area contributed by atoms with E-state index in [4.69, 9.17) is 14.9 Å². The van der Waals surface area contributed by atoms with Crippen LogP contribution in [0.4, 0.5) is 0 Å². The minimum absolute atomic E-state index is 0.106. The second-order valence-corrected chi connectivity index (χ2v) is 5.50. The minimum Gasteiger partial charge on any atom is -0.394 e. The van der Waals surface area contributed by atoms with Gasteiger partial charge in [-0.2, -0.15) is 0 Å². The highest BCUT2D eigenvalue weighted by atomic mass is 16.5. The first kappa shape index (κ1) is 19.8. The molecular weight excluding hydrogens is 256 g/mol. The number of hydrogen-bond donors (Lipinski definition) is 3. The quantitative estimate of drug-likeness (QED) is 0.382. The zero-order valence-corrected chi connectivity index (χ0v) is 12.9. The predicted octanol–water partition coefficient (Wildman–Crippen LogP) is 2.64. The summed E-state index contributed by atoms with van der Waals surface area (Å²) >= 11 is 0. The Bertz CT molecular complexity index is 176. The Morgan fingerprint density at radius 3 is 1.65 bits per heavy atom. The van der Waals surface area contributed by atoms with Gasteiger partial charge in [0.15, 0.2) is 0 Å². The molecule has 0 saturated carbocycles. The molecular formula is C16H34O4. The Morgan fingerprint density at radius 1 is 0.650 bits per heavy atom. The van der Waals surface area contributed by atoms with Gasteiger partial charge in [0.1, 0.15) is 0 Å². The third-order valence-electron chi connectivity index (χ3n) is 3.52. The van der Waals surface area contributed by atoms with E-state index < -0.39 is 6.10 Å². The Morgan fingerprint density at radius 2 is 1.15 bits per heavy atom. The molecule has 0 amide bonds. The molecule has 0 aliphatic rings. The molecule has 0 aliphatic carbocycles. The van der Waals surface area contributed by atoms with Crippen molar-refractivity contribution in [2.24, 2.45) is 0 Å². The molecule has 0 radical (unpaired) electrons. The lowest BCUT2D eigenvalue weighted by Crippen LogP contribution is -2.10. The molecule has 0 spiro atoms. The number of ether oxygens (including phenoxy) is 1. The molecule has 4 nitrogen and oxygen atoms in total. The monoisotopic (exact) mass is 290 g/mol. The SMILES string of the molecule is OCCOCCCCCCCCCCCCC(O)CO. The predicted molar refractivity (Wildman–Crippen MR) is 81.8 cm³/mol. The number of unbranched alkanes of at least 4 members (excludes halogenated alkanes) is 9. The van der Waals surface area contributed by atoms with Gasteiger partial charge in [-0.25, -0.2) is 0 Å². The summed E-state index contributed by atoms with van der Waals surface area (Å²) in [6, 6.07) is 0. The number of aliphatic hydroxyl groups excluding tert-OH is 3. The van der Waals surface area contributed by atoms with Crippen LogP contribution in [0.5, 0.6) is 0 Å². The van der Waals surface area contributed by atoms with Gasteiger partial charge < -0.3 is 20.1 Å². The first-order valence-electron chi connectivity index (χ1n) is 8.28. The van der Waals surface area contributed by atoms with Gasteiger partial charge in [0.05, 0.1) is 25.9 Å². The number of hydrogen-bond acceptors (Lipinski definition) is 4. The van der Waals surface area contributed by atoms with E-state index >= 15 is 0 Å². The summed E-state index contributed by atoms with van der Waals surface area (Å²) in [5.74, 6) is 0. The maximum atomic E-state index is 9.18. The highest BCUT2D eigenvalue weighted by Gasteiger charge is 2.00. The summed E-state index contributed by atoms with van der Waals surface area (Å²) in [5.41, 5.74) is 0. The maximum Gasteiger partial charge on any atom is 0.0770 e. The zero-order valence-electron chi connectivity index (χ0n) is 12.9. The summed E-state index contributed by atoms with van der Waals surface area (Å²) in [6.45, 7) is 1.26. The van der Waals surface area contributed by atoms with Crippen LogP contribution >= 0.6 is 0 Å². The topological polar surface area (TPSA) is 69.9 Å². The first-order chi connectivity index (χ1) is 9.81. The third-order valence-corrected chi connectivity index (χ3v) is 3.52. The lowest BCUT2D eigenvalue weighted by molar-refractivity contribution is 0.0860. The number of aliphatic hydroxyl groups is 3. The Hall–Kier alpha value is -0.160. The van der Waals surface area contributed by atoms with E-state index in [1.807, 2.05) is 0 Å². The van der Waals surface area contributed by atoms with Crippen LogP contribution in [0.25, 0.3) is 0 Å². The summed E-state index contributed by atoms with van der Waals surface area (Å²) < 4.78 is 5.21. The van der Waals surface area contributed by atoms with Crippen LogP contribution in [0.15, 0.2) is 0 Å². The van der Waals surface area contributed by atoms with E-state index in [9.17, 15) is 5.11 Å². The summed E-state index contributed by atoms with van der Waals surface area (Å²) in [4.78, 5) is 0. The third kappa shape index (κ3) is 15.9. The fourth-order valence-corrected chi connectivity index (χ4v) is 2.26. The highest BCUT2D eigenvalue weighted by Crippen LogP contribution is 2.12. The van der Waals surface area contributed by atoms with Crippen LogP contribution in [0, 0.1) is 0 Å². The normalized spacial score (nSPS) is 12.8. The van der Waals surface area contributed by atoms with Crippen molar-refractivity contribution in [3.8, 4) is 0 Å². The maximum absolute atomic E-state index is 9.18. The Labute approximate surface area is 124 Å². The molecule has 20 heavy (non-hydrogen) atoms. The second kappa shape index (κ2) is 16.9. The van der Waals surface area contributed by atoms with Gasteiger partial charge in [-0.1, -0.05) is 57.8 Å². The molecule has 0 aromatic carbocycles. The average Bonchev–Trinajstić information content (AvgIpc) is 2.47. The number of rotatable bonds is 16. The van der Waals surface area contributed by atoms with Crippen LogP contribution in [0.1, 0.15) is 70.6 Å². The van der Waals surface area contributed by atoms with Gasteiger partial charge in [0, 0.05) is 6.61 Å². The molecule has 3 N–H and O–H groups in total. The fraction of sp³-hybridized carbons (Fsp3) is 1.00. The molecule has 0 saturated heterocycles. The van der Waals surface area contributed by atoms with Gasteiger partial charge in [-0.15, -0.1) is 0 Å². The van der Waals surface area contributed by atoms with Crippen LogP contribution in [0.3, 0.4) is 0 Å². The molecule has 0 rings (SSSR count). The van der Waals surface area contributed by atoms with E-state index in [1.165, 1.54) is 51.4 Å². The van der Waals surface area contributed by atoms with Crippen molar-refractivity contribution in [1.82, 2.24) is 0 Å². The second-order valence-electron chi connectivity index (χ2n) is 5.50. The van der Waals surface area contributed by atoms with E-state index in [2.05, 4.69) is 0 Å². The van der Waals surface area contributed by atoms with Crippen molar-refractivity contribution >= 4 is 0 Å². The van der Waals surface area contributed by atoms with E-state index in [-0.39, 0.29) is 13.2 Å². The van der Waals surface area contributed by atoms with Crippen molar-refractivity contribution < 1.29 is 20.1 Å². The Kier molecular flexibility index (Phi) is 16.8. The van der Waals surface area contributed by atoms with Crippen molar-refractivity contribution in [1.29, 1.82) is 0 Å². The molecule has 0 aromatic rings. The van der Waals surface area contributed by atoms with Gasteiger partial charge in [-0.3, -0.25) is 0 Å². The smallest absolute Gasteiger partial charge is 0.0770 e. The van der Waals surface area contributed by atoms with Gasteiger partial charge >= 0.3 is 0 Å². The lowest BCUT2D eigenvalue weighted by atomic mass is 10.0. The summed E-state index contributed by atoms with van der Waals surface area (Å²) in [5, 5.41) is 26.4. The summed E-state index contributed by atoms with van der Waals surface area (Å²) in [6.07, 6.45) is 12.5. The molecule has 4 heteroatoms. The lowest BCUT2D eigenvalue weighted by Gasteiger charge is -2.06. The van der Waals surface area contributed by atoms with Crippen molar-refractivity contribution in [2.45, 2.75) is 76.7 Å². The van der Waals surface area contributed by atoms with Crippen molar-refractivity contribution in [2.75, 3.05) is 26.4 Å². The molecule has 0 aromatic heterocycles.